The van der Waals surface area contributed by atoms with E-state index in [1.54, 1.807) is 21.1 Å². The van der Waals surface area contributed by atoms with E-state index >= 15 is 0 Å². The van der Waals surface area contributed by atoms with Gasteiger partial charge in [-0.3, -0.25) is 0 Å². The molecule has 0 aromatic carbocycles. The highest BCUT2D eigenvalue weighted by Gasteiger charge is 2.33. The normalized spacial score (nSPS) is 17.1. The molecule has 0 aliphatic heterocycles. The van der Waals surface area contributed by atoms with E-state index < -0.39 is 27.2 Å². The summed E-state index contributed by atoms with van der Waals surface area (Å²) in [5.74, 6) is -1.77. The molecule has 0 aliphatic carbocycles. The zero-order chi connectivity index (χ0) is 12.4. The maximum absolute atomic E-state index is 11.1. The summed E-state index contributed by atoms with van der Waals surface area (Å²) in [7, 11) is 1.30. The number of hydrogen-bond donors (Lipinski definition) is 1. The third-order valence-corrected chi connectivity index (χ3v) is 3.21. The third-order valence-electron chi connectivity index (χ3n) is 1.78. The van der Waals surface area contributed by atoms with Gasteiger partial charge in [0.15, 0.2) is 9.84 Å². The van der Waals surface area contributed by atoms with Crippen molar-refractivity contribution in [3.63, 3.8) is 0 Å². The van der Waals surface area contributed by atoms with Crippen molar-refractivity contribution in [1.82, 2.24) is 0 Å². The van der Waals surface area contributed by atoms with Crippen LogP contribution in [-0.2, 0) is 14.6 Å². The predicted octanol–water partition coefficient (Wildman–Crippen LogP) is -2.78. The maximum Gasteiger partial charge on any atom is 0.158 e. The van der Waals surface area contributed by atoms with Crippen LogP contribution in [0, 0.1) is 0 Å². The lowest BCUT2D eigenvalue weighted by Gasteiger charge is -2.30. The third kappa shape index (κ3) is 5.10. The first-order valence-electron chi connectivity index (χ1n) is 4.33. The Balaban J connectivity index is 4.90. The van der Waals surface area contributed by atoms with Crippen LogP contribution in [0.1, 0.15) is 0 Å². The van der Waals surface area contributed by atoms with Gasteiger partial charge in [-0.05, 0) is 0 Å². The highest BCUT2D eigenvalue weighted by Crippen LogP contribution is 2.08. The zero-order valence-corrected chi connectivity index (χ0v) is 10.1. The lowest BCUT2D eigenvalue weighted by Crippen LogP contribution is -2.54. The molecule has 90 valence electrons. The Hall–Kier alpha value is -0.660. The molecule has 1 N–H and O–H groups in total. The van der Waals surface area contributed by atoms with Crippen molar-refractivity contribution < 1.29 is 27.9 Å². The summed E-state index contributed by atoms with van der Waals surface area (Å²) in [4.78, 5) is 10.6. The number of quaternary nitrogens is 1. The Kier molecular flexibility index (Phi) is 4.26. The van der Waals surface area contributed by atoms with Crippen LogP contribution in [0.5, 0.6) is 0 Å². The van der Waals surface area contributed by atoms with Gasteiger partial charge in [0.1, 0.15) is 17.9 Å². The van der Waals surface area contributed by atoms with Crippen LogP contribution in [0.2, 0.25) is 0 Å². The minimum Gasteiger partial charge on any atom is -0.549 e. The molecule has 0 spiro atoms. The van der Waals surface area contributed by atoms with Crippen LogP contribution in [0.15, 0.2) is 0 Å². The van der Waals surface area contributed by atoms with Crippen LogP contribution < -0.4 is 5.11 Å². The molecule has 0 aliphatic rings. The van der Waals surface area contributed by atoms with E-state index in [-0.39, 0.29) is 11.0 Å². The molecule has 0 aromatic rings. The molecule has 0 saturated carbocycles. The first kappa shape index (κ1) is 14.3. The monoisotopic (exact) mass is 239 g/mol. The number of sulfone groups is 1. The zero-order valence-electron chi connectivity index (χ0n) is 9.30. The summed E-state index contributed by atoms with van der Waals surface area (Å²) in [6.07, 6.45) is -0.697. The Morgan fingerprint density at radius 1 is 1.40 bits per heavy atom. The van der Waals surface area contributed by atoms with Crippen LogP contribution in [0.25, 0.3) is 0 Å². The fourth-order valence-corrected chi connectivity index (χ4v) is 2.28. The van der Waals surface area contributed by atoms with E-state index in [2.05, 4.69) is 0 Å². The van der Waals surface area contributed by atoms with Crippen LogP contribution in [0.3, 0.4) is 0 Å². The van der Waals surface area contributed by atoms with Gasteiger partial charge in [0.25, 0.3) is 0 Å². The van der Waals surface area contributed by atoms with Crippen molar-refractivity contribution in [2.24, 2.45) is 0 Å². The number of rotatable bonds is 5. The fraction of sp³-hybridized carbons (Fsp3) is 0.875. The van der Waals surface area contributed by atoms with Gasteiger partial charge >= 0.3 is 0 Å². The Morgan fingerprint density at radius 3 is 2.00 bits per heavy atom. The number of aliphatic hydroxyl groups is 1. The molecular formula is C8H17NO5S. The highest BCUT2D eigenvalue weighted by molar-refractivity contribution is 7.92. The molecule has 0 saturated heterocycles. The van der Waals surface area contributed by atoms with E-state index in [0.717, 1.165) is 6.26 Å². The highest BCUT2D eigenvalue weighted by atomic mass is 32.2. The van der Waals surface area contributed by atoms with Crippen molar-refractivity contribution in [3.8, 4) is 0 Å². The van der Waals surface area contributed by atoms with Crippen LogP contribution in [0.4, 0.5) is 0 Å². The average molecular weight is 239 g/mol. The maximum atomic E-state index is 11.1. The summed E-state index contributed by atoms with van der Waals surface area (Å²) < 4.78 is 22.5. The molecule has 7 heteroatoms. The van der Waals surface area contributed by atoms with E-state index in [1.165, 1.54) is 0 Å². The number of likely N-dealkylation sites (N-methyl/N-ethyl adjacent to an activating group) is 1. The van der Waals surface area contributed by atoms with E-state index in [0.29, 0.717) is 0 Å². The van der Waals surface area contributed by atoms with E-state index in [4.69, 9.17) is 0 Å². The van der Waals surface area contributed by atoms with Gasteiger partial charge in [-0.1, -0.05) is 0 Å². The number of carboxylic acids is 1. The smallest absolute Gasteiger partial charge is 0.158 e. The predicted molar refractivity (Wildman–Crippen MR) is 52.5 cm³/mol. The number of carboxylic acid groups (broad SMARTS) is 1. The average Bonchev–Trinajstić information content (AvgIpc) is 1.74. The van der Waals surface area contributed by atoms with Crippen LogP contribution >= 0.6 is 0 Å². The number of aliphatic carboxylic acids is 1. The molecule has 0 bridgehead atoms. The van der Waals surface area contributed by atoms with Crippen LogP contribution in [-0.4, -0.2) is 69.3 Å². The van der Waals surface area contributed by atoms with Crippen molar-refractivity contribution in [2.45, 2.75) is 11.4 Å². The van der Waals surface area contributed by atoms with Crippen molar-refractivity contribution >= 4 is 15.8 Å². The lowest BCUT2D eigenvalue weighted by molar-refractivity contribution is -0.873. The quantitative estimate of drug-likeness (QED) is 0.524. The van der Waals surface area contributed by atoms with E-state index in [1.807, 2.05) is 0 Å². The number of carbonyl (C=O) groups is 1. The lowest BCUT2D eigenvalue weighted by atomic mass is 10.2. The Morgan fingerprint density at radius 2 is 1.80 bits per heavy atom. The van der Waals surface area contributed by atoms with Gasteiger partial charge in [0.05, 0.1) is 27.1 Å². The molecule has 0 radical (unpaired) electrons. The summed E-state index contributed by atoms with van der Waals surface area (Å²) in [5, 5.41) is 18.3. The summed E-state index contributed by atoms with van der Waals surface area (Å²) in [5.41, 5.74) is 0. The van der Waals surface area contributed by atoms with Gasteiger partial charge in [-0.2, -0.15) is 0 Å². The van der Waals surface area contributed by atoms with Crippen molar-refractivity contribution in [2.75, 3.05) is 33.9 Å². The largest absolute Gasteiger partial charge is 0.549 e. The summed E-state index contributed by atoms with van der Waals surface area (Å²) in [6, 6.07) is 0. The second kappa shape index (κ2) is 4.46. The molecule has 0 rings (SSSR count). The molecular weight excluding hydrogens is 222 g/mol. The first-order chi connectivity index (χ1) is 6.45. The molecule has 0 heterocycles. The van der Waals surface area contributed by atoms with Gasteiger partial charge in [-0.25, -0.2) is 8.42 Å². The standard InChI is InChI=1S/C8H17NO5S/c1-9(2,3)5-6(10)7(8(11)12)15(4,13)14/h6-7,10H,5H2,1-4H3/t6-,7-/m1/s1. The van der Waals surface area contributed by atoms with Crippen molar-refractivity contribution in [3.05, 3.63) is 0 Å². The molecule has 0 fully saturated rings. The number of nitrogens with zero attached hydrogens (tertiary/aromatic N) is 1. The van der Waals surface area contributed by atoms with Gasteiger partial charge in [0.2, 0.25) is 0 Å². The minimum absolute atomic E-state index is 0.0196. The molecule has 0 amide bonds. The van der Waals surface area contributed by atoms with Gasteiger partial charge < -0.3 is 19.5 Å². The fourth-order valence-electron chi connectivity index (χ4n) is 1.27. The summed E-state index contributed by atoms with van der Waals surface area (Å²) >= 11 is 0. The van der Waals surface area contributed by atoms with Crippen molar-refractivity contribution in [1.29, 1.82) is 0 Å². The number of hydrogen-bond acceptors (Lipinski definition) is 5. The topological polar surface area (TPSA) is 94.5 Å². The molecule has 0 aromatic heterocycles. The molecule has 0 unspecified atom stereocenters. The Labute approximate surface area is 89.6 Å². The van der Waals surface area contributed by atoms with Gasteiger partial charge in [0, 0.05) is 6.26 Å². The molecule has 15 heavy (non-hydrogen) atoms. The van der Waals surface area contributed by atoms with E-state index in [9.17, 15) is 23.4 Å². The first-order valence-corrected chi connectivity index (χ1v) is 6.29. The minimum atomic E-state index is -3.86. The number of aliphatic hydroxyl groups excluding tert-OH is 1. The van der Waals surface area contributed by atoms with Gasteiger partial charge in [-0.15, -0.1) is 0 Å². The summed E-state index contributed by atoms with van der Waals surface area (Å²) in [6.45, 7) is 0.0196. The second-order valence-electron chi connectivity index (χ2n) is 4.61. The second-order valence-corrected chi connectivity index (χ2v) is 6.78. The molecule has 2 atom stereocenters. The number of carbonyl (C=O) groups excluding carboxylic acids is 1. The SMILES string of the molecule is C[N+](C)(C)C[C@@H](O)[C@H](C(=O)[O-])S(C)(=O)=O. The Bertz CT molecular complexity index is 329. The molecule has 6 nitrogen and oxygen atoms in total.